The fourth-order valence-electron chi connectivity index (χ4n) is 1.29. The summed E-state index contributed by atoms with van der Waals surface area (Å²) >= 11 is 0. The van der Waals surface area contributed by atoms with Crippen molar-refractivity contribution < 1.29 is 14.3 Å². The molecule has 0 saturated heterocycles. The van der Waals surface area contributed by atoms with E-state index in [1.165, 1.54) is 13.1 Å². The summed E-state index contributed by atoms with van der Waals surface area (Å²) in [6.45, 7) is 6.84. The fraction of sp³-hybridized carbons (Fsp3) is 0.429. The molecule has 1 aromatic carbocycles. The molecule has 18 heavy (non-hydrogen) atoms. The molecule has 0 radical (unpaired) electrons. The zero-order chi connectivity index (χ0) is 13.8. The normalized spacial score (nSPS) is 14.1. The average Bonchev–Trinajstić information content (AvgIpc) is 2.27. The third-order valence-corrected chi connectivity index (χ3v) is 2.21. The second kappa shape index (κ2) is 5.67. The molecular formula is C14H19NO3. The first-order valence-electron chi connectivity index (χ1n) is 5.88. The van der Waals surface area contributed by atoms with E-state index in [1.807, 2.05) is 18.2 Å². The Balaban J connectivity index is 2.75. The number of rotatable bonds is 3. The molecule has 0 heterocycles. The summed E-state index contributed by atoms with van der Waals surface area (Å²) in [5, 5.41) is 11.8. The number of carbonyl (C=O) groups excluding carboxylic acids is 1. The minimum absolute atomic E-state index is 0.523. The van der Waals surface area contributed by atoms with Crippen molar-refractivity contribution in [2.24, 2.45) is 0 Å². The first-order valence-corrected chi connectivity index (χ1v) is 5.88. The highest BCUT2D eigenvalue weighted by molar-refractivity contribution is 5.78. The van der Waals surface area contributed by atoms with E-state index >= 15 is 0 Å². The Morgan fingerprint density at radius 1 is 1.33 bits per heavy atom. The molecule has 1 atom stereocenters. The lowest BCUT2D eigenvalue weighted by Gasteiger charge is -2.21. The number of ether oxygens (including phenoxy) is 1. The molecule has 0 saturated carbocycles. The summed E-state index contributed by atoms with van der Waals surface area (Å²) in [4.78, 5) is 11.7. The molecule has 0 aliphatic heterocycles. The van der Waals surface area contributed by atoms with Gasteiger partial charge in [0.1, 0.15) is 5.60 Å². The van der Waals surface area contributed by atoms with Crippen LogP contribution in [0, 0.1) is 5.21 Å². The van der Waals surface area contributed by atoms with Crippen molar-refractivity contribution >= 4 is 12.2 Å². The van der Waals surface area contributed by atoms with Crippen molar-refractivity contribution in [3.05, 3.63) is 41.1 Å². The first kappa shape index (κ1) is 14.2. The van der Waals surface area contributed by atoms with Crippen LogP contribution in [0.25, 0.3) is 0 Å². The van der Waals surface area contributed by atoms with Gasteiger partial charge in [-0.15, -0.1) is 0 Å². The third-order valence-electron chi connectivity index (χ3n) is 2.21. The molecule has 0 spiro atoms. The predicted molar refractivity (Wildman–Crippen MR) is 70.5 cm³/mol. The van der Waals surface area contributed by atoms with Gasteiger partial charge in [0.05, 0.1) is 0 Å². The van der Waals surface area contributed by atoms with Crippen LogP contribution in [-0.4, -0.2) is 28.6 Å². The lowest BCUT2D eigenvalue weighted by Crippen LogP contribution is -2.35. The molecule has 0 bridgehead atoms. The Labute approximate surface area is 107 Å². The van der Waals surface area contributed by atoms with Crippen LogP contribution in [0.2, 0.25) is 0 Å². The van der Waals surface area contributed by atoms with Gasteiger partial charge in [-0.1, -0.05) is 18.2 Å². The van der Waals surface area contributed by atoms with Crippen molar-refractivity contribution in [3.8, 4) is 0 Å². The van der Waals surface area contributed by atoms with Gasteiger partial charge in [-0.05, 0) is 32.9 Å². The van der Waals surface area contributed by atoms with E-state index in [9.17, 15) is 10.0 Å². The maximum absolute atomic E-state index is 11.8. The molecule has 98 valence electrons. The number of carbonyl (C=O) groups is 1. The van der Waals surface area contributed by atoms with Crippen molar-refractivity contribution in [2.45, 2.75) is 39.3 Å². The summed E-state index contributed by atoms with van der Waals surface area (Å²) < 4.78 is 5.77. The van der Waals surface area contributed by atoms with Crippen LogP contribution in [-0.2, 0) is 9.53 Å². The van der Waals surface area contributed by atoms with E-state index in [0.29, 0.717) is 4.74 Å². The molecule has 0 amide bonds. The van der Waals surface area contributed by atoms with E-state index in [1.54, 1.807) is 32.9 Å². The van der Waals surface area contributed by atoms with Gasteiger partial charge in [0.25, 0.3) is 6.04 Å². The van der Waals surface area contributed by atoms with E-state index in [2.05, 4.69) is 0 Å². The predicted octanol–water partition coefficient (Wildman–Crippen LogP) is 2.35. The topological polar surface area (TPSA) is 52.4 Å². The average molecular weight is 249 g/mol. The zero-order valence-corrected chi connectivity index (χ0v) is 11.2. The van der Waals surface area contributed by atoms with Crippen LogP contribution in [0.5, 0.6) is 0 Å². The van der Waals surface area contributed by atoms with Crippen LogP contribution in [0.1, 0.15) is 33.3 Å². The molecule has 0 unspecified atom stereocenters. The Morgan fingerprint density at radius 2 is 1.89 bits per heavy atom. The molecule has 4 heteroatoms. The second-order valence-electron chi connectivity index (χ2n) is 5.11. The number of esters is 1. The minimum Gasteiger partial charge on any atom is -0.623 e. The van der Waals surface area contributed by atoms with Crippen molar-refractivity contribution in [1.82, 2.24) is 0 Å². The van der Waals surface area contributed by atoms with E-state index < -0.39 is 17.6 Å². The molecule has 1 aromatic rings. The Bertz CT molecular complexity index is 432. The number of hydroxylamine groups is 1. The van der Waals surface area contributed by atoms with Crippen LogP contribution in [0.3, 0.4) is 0 Å². The summed E-state index contributed by atoms with van der Waals surface area (Å²) in [6, 6.07) is 8.27. The number of hydrogen-bond acceptors (Lipinski definition) is 3. The quantitative estimate of drug-likeness (QED) is 0.272. The smallest absolute Gasteiger partial charge is 0.376 e. The molecule has 1 rings (SSSR count). The molecule has 0 aliphatic rings. The standard InChI is InChI=1S/C14H19NO3/c1-11(13(16)18-14(2,3)4)15(17)10-12-8-6-5-7-9-12/h5-11H,1-4H3/b15-10-/t11-/m0/s1. The van der Waals surface area contributed by atoms with Crippen molar-refractivity contribution in [2.75, 3.05) is 0 Å². The van der Waals surface area contributed by atoms with Gasteiger partial charge in [0.2, 0.25) is 0 Å². The number of hydrogen-bond donors (Lipinski definition) is 0. The van der Waals surface area contributed by atoms with Crippen molar-refractivity contribution in [1.29, 1.82) is 0 Å². The van der Waals surface area contributed by atoms with Gasteiger partial charge in [0.15, 0.2) is 6.21 Å². The highest BCUT2D eigenvalue weighted by Crippen LogP contribution is 2.09. The van der Waals surface area contributed by atoms with Gasteiger partial charge < -0.3 is 9.94 Å². The summed E-state index contributed by atoms with van der Waals surface area (Å²) in [7, 11) is 0. The van der Waals surface area contributed by atoms with Crippen LogP contribution in [0.4, 0.5) is 0 Å². The van der Waals surface area contributed by atoms with Crippen LogP contribution < -0.4 is 0 Å². The molecule has 0 aromatic heterocycles. The zero-order valence-electron chi connectivity index (χ0n) is 11.2. The van der Waals surface area contributed by atoms with Gasteiger partial charge in [-0.2, -0.15) is 4.74 Å². The maximum Gasteiger partial charge on any atom is 0.376 e. The molecule has 4 nitrogen and oxygen atoms in total. The largest absolute Gasteiger partial charge is 0.623 e. The van der Waals surface area contributed by atoms with Crippen LogP contribution >= 0.6 is 0 Å². The molecule has 0 N–H and O–H groups in total. The van der Waals surface area contributed by atoms with Gasteiger partial charge in [-0.25, -0.2) is 4.79 Å². The highest BCUT2D eigenvalue weighted by atomic mass is 16.6. The first-order chi connectivity index (χ1) is 8.29. The number of nitrogens with zero attached hydrogens (tertiary/aromatic N) is 1. The monoisotopic (exact) mass is 249 g/mol. The minimum atomic E-state index is -0.857. The molecular weight excluding hydrogens is 230 g/mol. The second-order valence-corrected chi connectivity index (χ2v) is 5.11. The lowest BCUT2D eigenvalue weighted by atomic mass is 10.2. The molecule has 0 aliphatic carbocycles. The molecule has 0 fully saturated rings. The highest BCUT2D eigenvalue weighted by Gasteiger charge is 2.26. The SMILES string of the molecule is C[C@@H](C(=O)OC(C)(C)C)/[N+]([O-])=C/c1ccccc1. The van der Waals surface area contributed by atoms with E-state index in [0.717, 1.165) is 5.56 Å². The van der Waals surface area contributed by atoms with Gasteiger partial charge in [0, 0.05) is 12.5 Å². The van der Waals surface area contributed by atoms with Gasteiger partial charge in [-0.3, -0.25) is 0 Å². The third kappa shape index (κ3) is 4.57. The Kier molecular flexibility index (Phi) is 4.48. The summed E-state index contributed by atoms with van der Waals surface area (Å²) in [6.07, 6.45) is 1.38. The fourth-order valence-corrected chi connectivity index (χ4v) is 1.29. The van der Waals surface area contributed by atoms with Crippen LogP contribution in [0.15, 0.2) is 30.3 Å². The maximum atomic E-state index is 11.8. The Morgan fingerprint density at radius 3 is 2.39 bits per heavy atom. The van der Waals surface area contributed by atoms with E-state index in [4.69, 9.17) is 4.74 Å². The Hall–Kier alpha value is -1.84. The number of benzene rings is 1. The lowest BCUT2D eigenvalue weighted by molar-refractivity contribution is -0.480. The van der Waals surface area contributed by atoms with Gasteiger partial charge >= 0.3 is 5.97 Å². The summed E-state index contributed by atoms with van der Waals surface area (Å²) in [5.41, 5.74) is 0.168. The van der Waals surface area contributed by atoms with E-state index in [-0.39, 0.29) is 0 Å². The van der Waals surface area contributed by atoms with Crippen molar-refractivity contribution in [3.63, 3.8) is 0 Å². The summed E-state index contributed by atoms with van der Waals surface area (Å²) in [5.74, 6) is -0.523.